The van der Waals surface area contributed by atoms with Crippen LogP contribution in [0.4, 0.5) is 4.79 Å². The average Bonchev–Trinajstić information content (AvgIpc) is 3.17. The van der Waals surface area contributed by atoms with Crippen molar-refractivity contribution in [1.82, 2.24) is 10.2 Å². The minimum absolute atomic E-state index is 0.0707. The highest BCUT2D eigenvalue weighted by Gasteiger charge is 2.40. The van der Waals surface area contributed by atoms with Crippen molar-refractivity contribution in [3.8, 4) is 11.1 Å². The second-order valence-corrected chi connectivity index (χ2v) is 8.68. The molecule has 34 heavy (non-hydrogen) atoms. The van der Waals surface area contributed by atoms with Gasteiger partial charge in [0.25, 0.3) is 0 Å². The molecule has 0 saturated heterocycles. The Labute approximate surface area is 201 Å². The minimum atomic E-state index is -1.14. The number of fused-ring (bicyclic) bond motifs is 3. The van der Waals surface area contributed by atoms with Crippen LogP contribution in [0.15, 0.2) is 48.5 Å². The Hall–Kier alpha value is -3.35. The van der Waals surface area contributed by atoms with Crippen LogP contribution >= 0.6 is 0 Å². The van der Waals surface area contributed by atoms with Gasteiger partial charge >= 0.3 is 12.1 Å². The number of carboxylic acid groups (broad SMARTS) is 1. The van der Waals surface area contributed by atoms with Crippen LogP contribution in [0.3, 0.4) is 0 Å². The SMILES string of the molecule is CCCN(CCC(=O)O)C(=O)C(CC)(CC)NC(=O)OCC1c2ccccc2-c2ccccc21. The van der Waals surface area contributed by atoms with E-state index in [4.69, 9.17) is 9.84 Å². The monoisotopic (exact) mass is 466 g/mol. The van der Waals surface area contributed by atoms with E-state index in [0.29, 0.717) is 25.8 Å². The molecule has 2 aromatic carbocycles. The number of rotatable bonds is 11. The first-order chi connectivity index (χ1) is 16.4. The number of hydrogen-bond acceptors (Lipinski definition) is 4. The summed E-state index contributed by atoms with van der Waals surface area (Å²) in [4.78, 5) is 38.9. The molecule has 7 nitrogen and oxygen atoms in total. The third-order valence-electron chi connectivity index (χ3n) is 6.68. The van der Waals surface area contributed by atoms with Crippen molar-refractivity contribution < 1.29 is 24.2 Å². The summed E-state index contributed by atoms with van der Waals surface area (Å²) >= 11 is 0. The van der Waals surface area contributed by atoms with Gasteiger partial charge in [0.15, 0.2) is 0 Å². The largest absolute Gasteiger partial charge is 0.481 e. The molecule has 1 aliphatic rings. The van der Waals surface area contributed by atoms with Gasteiger partial charge in [0.2, 0.25) is 5.91 Å². The number of amides is 2. The number of nitrogens with zero attached hydrogens (tertiary/aromatic N) is 1. The van der Waals surface area contributed by atoms with E-state index in [9.17, 15) is 14.4 Å². The Morgan fingerprint density at radius 2 is 1.50 bits per heavy atom. The van der Waals surface area contributed by atoms with Crippen LogP contribution in [0.1, 0.15) is 63.5 Å². The molecule has 182 valence electrons. The quantitative estimate of drug-likeness (QED) is 0.496. The maximum absolute atomic E-state index is 13.4. The predicted octanol–water partition coefficient (Wildman–Crippen LogP) is 4.80. The number of benzene rings is 2. The molecule has 2 N–H and O–H groups in total. The second kappa shape index (κ2) is 11.2. The Kier molecular flexibility index (Phi) is 8.31. The molecule has 0 spiro atoms. The number of aliphatic carboxylic acids is 1. The molecule has 0 radical (unpaired) electrons. The Balaban J connectivity index is 1.73. The summed E-state index contributed by atoms with van der Waals surface area (Å²) in [6.45, 7) is 6.31. The van der Waals surface area contributed by atoms with E-state index in [1.54, 1.807) is 0 Å². The lowest BCUT2D eigenvalue weighted by atomic mass is 9.90. The van der Waals surface area contributed by atoms with Crippen LogP contribution in [-0.2, 0) is 14.3 Å². The van der Waals surface area contributed by atoms with Gasteiger partial charge in [-0.2, -0.15) is 0 Å². The number of nitrogens with one attached hydrogen (secondary N) is 1. The Bertz CT molecular complexity index is 986. The van der Waals surface area contributed by atoms with Gasteiger partial charge in [-0.15, -0.1) is 0 Å². The highest BCUT2D eigenvalue weighted by atomic mass is 16.5. The lowest BCUT2D eigenvalue weighted by Crippen LogP contribution is -2.59. The fourth-order valence-electron chi connectivity index (χ4n) is 4.73. The lowest BCUT2D eigenvalue weighted by Gasteiger charge is -2.36. The number of carboxylic acids is 1. The highest BCUT2D eigenvalue weighted by molar-refractivity contribution is 5.90. The van der Waals surface area contributed by atoms with Crippen LogP contribution in [0.2, 0.25) is 0 Å². The van der Waals surface area contributed by atoms with Gasteiger partial charge in [-0.25, -0.2) is 4.79 Å². The second-order valence-electron chi connectivity index (χ2n) is 8.68. The molecule has 2 aromatic rings. The Morgan fingerprint density at radius 1 is 0.941 bits per heavy atom. The van der Waals surface area contributed by atoms with E-state index < -0.39 is 17.6 Å². The summed E-state index contributed by atoms with van der Waals surface area (Å²) in [7, 11) is 0. The number of ether oxygens (including phenoxy) is 1. The normalized spacial score (nSPS) is 12.6. The van der Waals surface area contributed by atoms with Crippen molar-refractivity contribution >= 4 is 18.0 Å². The fraction of sp³-hybridized carbons (Fsp3) is 0.444. The summed E-state index contributed by atoms with van der Waals surface area (Å²) in [5.74, 6) is -1.30. The molecule has 0 atom stereocenters. The number of alkyl carbamates (subject to hydrolysis) is 1. The number of carbonyl (C=O) groups excluding carboxylic acids is 2. The zero-order valence-corrected chi connectivity index (χ0v) is 20.2. The number of hydrogen-bond donors (Lipinski definition) is 2. The molecule has 3 rings (SSSR count). The van der Waals surface area contributed by atoms with Gasteiger partial charge in [0.1, 0.15) is 12.1 Å². The summed E-state index contributed by atoms with van der Waals surface area (Å²) in [6, 6.07) is 16.2. The van der Waals surface area contributed by atoms with Crippen LogP contribution in [0, 0.1) is 0 Å². The van der Waals surface area contributed by atoms with Crippen molar-refractivity contribution in [2.45, 2.75) is 57.9 Å². The zero-order valence-electron chi connectivity index (χ0n) is 20.2. The van der Waals surface area contributed by atoms with Crippen LogP contribution in [-0.4, -0.2) is 53.2 Å². The summed E-state index contributed by atoms with van der Waals surface area (Å²) in [5.41, 5.74) is 3.39. The maximum Gasteiger partial charge on any atom is 0.408 e. The zero-order chi connectivity index (χ0) is 24.7. The predicted molar refractivity (Wildman–Crippen MR) is 131 cm³/mol. The molecule has 0 bridgehead atoms. The maximum atomic E-state index is 13.4. The topological polar surface area (TPSA) is 95.9 Å². The van der Waals surface area contributed by atoms with E-state index in [0.717, 1.165) is 22.3 Å². The highest BCUT2D eigenvalue weighted by Crippen LogP contribution is 2.44. The molecular formula is C27H34N2O5. The summed E-state index contributed by atoms with van der Waals surface area (Å²) in [6.07, 6.45) is 0.660. The summed E-state index contributed by atoms with van der Waals surface area (Å²) < 4.78 is 5.67. The van der Waals surface area contributed by atoms with Gasteiger partial charge in [0.05, 0.1) is 6.42 Å². The van der Waals surface area contributed by atoms with Gasteiger partial charge in [-0.1, -0.05) is 69.3 Å². The number of carbonyl (C=O) groups is 3. The standard InChI is InChI=1S/C27H34N2O5/c1-4-16-29(17-15-24(30)31)25(32)27(5-2,6-3)28-26(33)34-18-23-21-13-9-7-11-19(21)20-12-8-10-14-22(20)23/h7-14,23H,4-6,15-18H2,1-3H3,(H,28,33)(H,30,31). The molecular weight excluding hydrogens is 432 g/mol. The molecule has 2 amide bonds. The van der Waals surface area contributed by atoms with Gasteiger partial charge < -0.3 is 20.1 Å². The van der Waals surface area contributed by atoms with Crippen molar-refractivity contribution in [3.63, 3.8) is 0 Å². The molecule has 0 unspecified atom stereocenters. The van der Waals surface area contributed by atoms with Gasteiger partial charge in [-0.05, 0) is 41.5 Å². The van der Waals surface area contributed by atoms with E-state index >= 15 is 0 Å². The van der Waals surface area contributed by atoms with E-state index in [2.05, 4.69) is 29.6 Å². The van der Waals surface area contributed by atoms with Crippen molar-refractivity contribution in [2.24, 2.45) is 0 Å². The lowest BCUT2D eigenvalue weighted by molar-refractivity contribution is -0.141. The molecule has 0 aromatic heterocycles. The van der Waals surface area contributed by atoms with E-state index in [-0.39, 0.29) is 31.4 Å². The van der Waals surface area contributed by atoms with Crippen LogP contribution in [0.25, 0.3) is 11.1 Å². The van der Waals surface area contributed by atoms with Gasteiger partial charge in [0, 0.05) is 19.0 Å². The van der Waals surface area contributed by atoms with Crippen molar-refractivity contribution in [1.29, 1.82) is 0 Å². The summed E-state index contributed by atoms with van der Waals surface area (Å²) in [5, 5.41) is 11.9. The molecule has 0 heterocycles. The minimum Gasteiger partial charge on any atom is -0.481 e. The van der Waals surface area contributed by atoms with Crippen molar-refractivity contribution in [2.75, 3.05) is 19.7 Å². The average molecular weight is 467 g/mol. The van der Waals surface area contributed by atoms with E-state index in [1.807, 2.05) is 45.0 Å². The molecule has 7 heteroatoms. The smallest absolute Gasteiger partial charge is 0.408 e. The first-order valence-corrected chi connectivity index (χ1v) is 12.0. The van der Waals surface area contributed by atoms with Gasteiger partial charge in [-0.3, -0.25) is 9.59 Å². The van der Waals surface area contributed by atoms with E-state index in [1.165, 1.54) is 4.90 Å². The third-order valence-corrected chi connectivity index (χ3v) is 6.68. The van der Waals surface area contributed by atoms with Crippen molar-refractivity contribution in [3.05, 3.63) is 59.7 Å². The molecule has 0 saturated carbocycles. The van der Waals surface area contributed by atoms with Crippen LogP contribution in [0.5, 0.6) is 0 Å². The fourth-order valence-corrected chi connectivity index (χ4v) is 4.73. The first-order valence-electron chi connectivity index (χ1n) is 12.0. The Morgan fingerprint density at radius 3 is 2.00 bits per heavy atom. The molecule has 0 aliphatic heterocycles. The third kappa shape index (κ3) is 5.24. The van der Waals surface area contributed by atoms with Crippen LogP contribution < -0.4 is 5.32 Å². The molecule has 0 fully saturated rings. The first kappa shape index (κ1) is 25.3. The molecule has 1 aliphatic carbocycles.